The molecule has 2 unspecified atom stereocenters. The van der Waals surface area contributed by atoms with Gasteiger partial charge in [-0.1, -0.05) is 96.0 Å². The fraction of sp³-hybridized carbons (Fsp3) is 0.447. The first-order chi connectivity index (χ1) is 27.0. The number of carbonyl (C=O) groups excluding carboxylic acids is 2. The van der Waals surface area contributed by atoms with Gasteiger partial charge < -0.3 is 29.6 Å². The largest absolute Gasteiger partial charge is 0.550 e. The molecule has 0 saturated carbocycles. The van der Waals surface area contributed by atoms with Gasteiger partial charge >= 0.3 is 0 Å². The lowest BCUT2D eigenvalue weighted by atomic mass is 9.93. The number of fused-ring (bicyclic) bond motifs is 2. The van der Waals surface area contributed by atoms with E-state index < -0.39 is 18.4 Å². The summed E-state index contributed by atoms with van der Waals surface area (Å²) in [6.45, 7) is 16.5. The van der Waals surface area contributed by atoms with Gasteiger partial charge in [-0.15, -0.1) is 0 Å². The van der Waals surface area contributed by atoms with Crippen LogP contribution in [0, 0.1) is 0 Å². The molecule has 304 valence electrons. The molecule has 57 heavy (non-hydrogen) atoms. The van der Waals surface area contributed by atoms with Gasteiger partial charge in [0.05, 0.1) is 40.3 Å². The molecule has 0 spiro atoms. The van der Waals surface area contributed by atoms with Crippen LogP contribution in [0.5, 0.6) is 0 Å². The van der Waals surface area contributed by atoms with Crippen LogP contribution in [0.25, 0.3) is 0 Å². The number of benzene rings is 4. The van der Waals surface area contributed by atoms with Crippen molar-refractivity contribution < 1.29 is 29.6 Å². The molecule has 10 heteroatoms. The summed E-state index contributed by atoms with van der Waals surface area (Å²) >= 11 is 12.8. The van der Waals surface area contributed by atoms with Gasteiger partial charge in [-0.2, -0.15) is 0 Å². The average Bonchev–Trinajstić information content (AvgIpc) is 3.73. The lowest BCUT2D eigenvalue weighted by Crippen LogP contribution is -3.19. The van der Waals surface area contributed by atoms with Crippen LogP contribution in [-0.4, -0.2) is 86.2 Å². The molecule has 4 aromatic rings. The number of halogens is 2. The number of hydrogen-bond donors (Lipinski definition) is 2. The Morgan fingerprint density at radius 3 is 1.30 bits per heavy atom. The van der Waals surface area contributed by atoms with Crippen LogP contribution in [0.4, 0.5) is 0 Å². The Morgan fingerprint density at radius 2 is 0.982 bits per heavy atom. The predicted molar refractivity (Wildman–Crippen MR) is 224 cm³/mol. The molecule has 2 N–H and O–H groups in total. The SMILES string of the molecule is C[NH+]1CCN([C@@H]2C[C@@H](c3ccccc3)c3ccc(Cl)cc32)CC1(C)C.C[NH+]1CCN([C@@H]2C[C@@H](c3ccccc3)c3ccc(Cl)cc32)CC1(C)C.O=C([O-])CC(=O)[O-]. The van der Waals surface area contributed by atoms with E-state index in [1.807, 2.05) is 0 Å². The van der Waals surface area contributed by atoms with Crippen molar-refractivity contribution in [3.05, 3.63) is 140 Å². The summed E-state index contributed by atoms with van der Waals surface area (Å²) in [6, 6.07) is 35.9. The number of likely N-dealkylation sites (N-methyl/N-ethyl adjacent to an activating group) is 2. The third-order valence-corrected chi connectivity index (χ3v) is 13.6. The number of piperazine rings is 2. The van der Waals surface area contributed by atoms with Crippen LogP contribution < -0.4 is 20.0 Å². The Morgan fingerprint density at radius 1 is 0.614 bits per heavy atom. The summed E-state index contributed by atoms with van der Waals surface area (Å²) in [4.78, 5) is 27.2. The molecule has 2 aliphatic heterocycles. The van der Waals surface area contributed by atoms with Crippen molar-refractivity contribution in [2.45, 2.75) is 82.0 Å². The molecule has 0 bridgehead atoms. The van der Waals surface area contributed by atoms with Crippen molar-refractivity contribution in [1.29, 1.82) is 0 Å². The predicted octanol–water partition coefficient (Wildman–Crippen LogP) is 3.93. The summed E-state index contributed by atoms with van der Waals surface area (Å²) in [5.41, 5.74) is 9.24. The third-order valence-electron chi connectivity index (χ3n) is 13.1. The molecule has 8 nitrogen and oxygen atoms in total. The molecule has 6 atom stereocenters. The molecular formula is C47H58Cl2N4O4. The van der Waals surface area contributed by atoms with Gasteiger partial charge in [-0.3, -0.25) is 9.80 Å². The summed E-state index contributed by atoms with van der Waals surface area (Å²) in [5, 5.41) is 20.3. The summed E-state index contributed by atoms with van der Waals surface area (Å²) in [7, 11) is 4.65. The van der Waals surface area contributed by atoms with Crippen LogP contribution in [0.15, 0.2) is 97.1 Å². The molecule has 4 aromatic carbocycles. The van der Waals surface area contributed by atoms with Crippen LogP contribution in [0.1, 0.15) is 104 Å². The molecule has 8 rings (SSSR count). The highest BCUT2D eigenvalue weighted by Gasteiger charge is 2.43. The molecule has 4 aliphatic rings. The Balaban J connectivity index is 0.000000166. The smallest absolute Gasteiger partial charge is 0.105 e. The topological polar surface area (TPSA) is 95.6 Å². The number of quaternary nitrogens is 2. The van der Waals surface area contributed by atoms with E-state index in [1.54, 1.807) is 9.80 Å². The Kier molecular flexibility index (Phi) is 13.5. The van der Waals surface area contributed by atoms with E-state index in [1.165, 1.54) is 46.5 Å². The number of hydrogen-bond acceptors (Lipinski definition) is 6. The minimum Gasteiger partial charge on any atom is -0.550 e. The molecule has 2 saturated heterocycles. The number of rotatable bonds is 6. The lowest BCUT2D eigenvalue weighted by molar-refractivity contribution is -0.935. The van der Waals surface area contributed by atoms with Crippen molar-refractivity contribution in [2.24, 2.45) is 0 Å². The maximum atomic E-state index is 9.28. The minimum absolute atomic E-state index is 0.293. The fourth-order valence-electron chi connectivity index (χ4n) is 9.34. The maximum Gasteiger partial charge on any atom is 0.105 e. The highest BCUT2D eigenvalue weighted by molar-refractivity contribution is 6.31. The van der Waals surface area contributed by atoms with Gasteiger partial charge in [-0.05, 0) is 98.2 Å². The van der Waals surface area contributed by atoms with E-state index in [9.17, 15) is 19.8 Å². The maximum absolute atomic E-state index is 9.28. The van der Waals surface area contributed by atoms with E-state index in [0.29, 0.717) is 35.0 Å². The monoisotopic (exact) mass is 812 g/mol. The van der Waals surface area contributed by atoms with Gasteiger partial charge in [0, 0.05) is 65.4 Å². The van der Waals surface area contributed by atoms with Crippen molar-refractivity contribution in [3.63, 3.8) is 0 Å². The van der Waals surface area contributed by atoms with Crippen LogP contribution in [0.2, 0.25) is 10.0 Å². The summed E-state index contributed by atoms with van der Waals surface area (Å²) < 4.78 is 0. The Labute approximate surface area is 349 Å². The zero-order valence-electron chi connectivity index (χ0n) is 34.2. The Bertz CT molecular complexity index is 1870. The average molecular weight is 814 g/mol. The van der Waals surface area contributed by atoms with E-state index in [0.717, 1.165) is 49.1 Å². The van der Waals surface area contributed by atoms with Crippen LogP contribution >= 0.6 is 23.2 Å². The van der Waals surface area contributed by atoms with E-state index >= 15 is 0 Å². The lowest BCUT2D eigenvalue weighted by Gasteiger charge is -2.44. The molecule has 2 aliphatic carbocycles. The number of aliphatic carboxylic acids is 2. The second kappa shape index (κ2) is 18.0. The first-order valence-electron chi connectivity index (χ1n) is 20.3. The molecule has 0 amide bonds. The minimum atomic E-state index is -1.63. The summed E-state index contributed by atoms with van der Waals surface area (Å²) in [5.74, 6) is -2.29. The molecule has 2 heterocycles. The fourth-order valence-corrected chi connectivity index (χ4v) is 9.70. The zero-order valence-corrected chi connectivity index (χ0v) is 35.7. The summed E-state index contributed by atoms with van der Waals surface area (Å²) in [6.07, 6.45) is 1.30. The standard InChI is InChI=1S/2C22H27ClN2.C3H4O4/c2*1-22(2)15-25(12-11-24(22)3)21-14-19(16-7-5-4-6-8-16)18-10-9-17(23)13-20(18)21;4-2(5)1-3(6)7/h2*4-10,13,19,21H,11-12,14-15H2,1-3H3;1H2,(H,4,5)(H,6,7)/t2*19-,21+;/m00./s1. The van der Waals surface area contributed by atoms with Gasteiger partial charge in [0.1, 0.15) is 11.1 Å². The first kappa shape index (κ1) is 42.8. The highest BCUT2D eigenvalue weighted by atomic mass is 35.5. The number of nitrogens with zero attached hydrogens (tertiary/aromatic N) is 2. The van der Waals surface area contributed by atoms with E-state index in [-0.39, 0.29) is 0 Å². The molecule has 2 fully saturated rings. The van der Waals surface area contributed by atoms with E-state index in [2.05, 4.69) is 149 Å². The van der Waals surface area contributed by atoms with Crippen molar-refractivity contribution >= 4 is 35.1 Å². The van der Waals surface area contributed by atoms with Gasteiger partial charge in [0.2, 0.25) is 0 Å². The molecule has 0 radical (unpaired) electrons. The number of carboxylic acids is 2. The number of carboxylic acid groups (broad SMARTS) is 2. The van der Waals surface area contributed by atoms with Crippen molar-refractivity contribution in [3.8, 4) is 0 Å². The van der Waals surface area contributed by atoms with Gasteiger partial charge in [0.25, 0.3) is 0 Å². The third kappa shape index (κ3) is 10.1. The van der Waals surface area contributed by atoms with Crippen LogP contribution in [-0.2, 0) is 9.59 Å². The second-order valence-electron chi connectivity index (χ2n) is 17.7. The molecule has 0 aromatic heterocycles. The van der Waals surface area contributed by atoms with Crippen molar-refractivity contribution in [2.75, 3.05) is 53.4 Å². The Hall–Kier alpha value is -3.76. The first-order valence-corrected chi connectivity index (χ1v) is 21.0. The van der Waals surface area contributed by atoms with Crippen LogP contribution in [0.3, 0.4) is 0 Å². The number of carbonyl (C=O) groups is 2. The van der Waals surface area contributed by atoms with E-state index in [4.69, 9.17) is 23.2 Å². The van der Waals surface area contributed by atoms with Gasteiger partial charge in [0.15, 0.2) is 0 Å². The van der Waals surface area contributed by atoms with Gasteiger partial charge in [-0.25, -0.2) is 0 Å². The normalized spacial score (nSPS) is 26.2. The second-order valence-corrected chi connectivity index (χ2v) is 18.5. The quantitative estimate of drug-likeness (QED) is 0.287. The zero-order chi connectivity index (χ0) is 41.1. The van der Waals surface area contributed by atoms with Crippen molar-refractivity contribution in [1.82, 2.24) is 9.80 Å². The highest BCUT2D eigenvalue weighted by Crippen LogP contribution is 2.49. The molecular weight excluding hydrogens is 755 g/mol. The number of nitrogens with one attached hydrogen (secondary N) is 2.